The minimum absolute atomic E-state index is 0.121. The zero-order chi connectivity index (χ0) is 21.1. The Bertz CT molecular complexity index is 1100. The highest BCUT2D eigenvalue weighted by Gasteiger charge is 2.22. The second-order valence-electron chi connectivity index (χ2n) is 7.39. The van der Waals surface area contributed by atoms with Crippen LogP contribution in [-0.4, -0.2) is 24.1 Å². The summed E-state index contributed by atoms with van der Waals surface area (Å²) in [4.78, 5) is 39.5. The number of hydrogen-bond acceptors (Lipinski definition) is 3. The first-order valence-corrected chi connectivity index (χ1v) is 9.95. The maximum Gasteiger partial charge on any atom is 0.256 e. The van der Waals surface area contributed by atoms with Crippen LogP contribution in [0.25, 0.3) is 0 Å². The molecule has 1 aliphatic heterocycles. The van der Waals surface area contributed by atoms with Gasteiger partial charge in [-0.1, -0.05) is 48.0 Å². The molecule has 3 aromatic rings. The van der Waals surface area contributed by atoms with Crippen LogP contribution in [0.4, 0.5) is 11.4 Å². The molecule has 4 rings (SSSR count). The minimum Gasteiger partial charge on any atom is -0.322 e. The molecule has 0 unspecified atom stereocenters. The van der Waals surface area contributed by atoms with E-state index in [0.717, 1.165) is 24.2 Å². The van der Waals surface area contributed by atoms with Gasteiger partial charge in [0.05, 0.1) is 5.56 Å². The van der Waals surface area contributed by atoms with Crippen LogP contribution in [-0.2, 0) is 4.79 Å². The van der Waals surface area contributed by atoms with Crippen molar-refractivity contribution in [2.75, 3.05) is 16.8 Å². The Labute approximate surface area is 175 Å². The molecule has 3 aromatic carbocycles. The summed E-state index contributed by atoms with van der Waals surface area (Å²) >= 11 is 0. The van der Waals surface area contributed by atoms with Crippen molar-refractivity contribution in [2.45, 2.75) is 19.8 Å². The van der Waals surface area contributed by atoms with Crippen LogP contribution in [0, 0.1) is 6.92 Å². The predicted molar refractivity (Wildman–Crippen MR) is 117 cm³/mol. The van der Waals surface area contributed by atoms with Crippen LogP contribution in [0.5, 0.6) is 0 Å². The summed E-state index contributed by atoms with van der Waals surface area (Å²) in [5.74, 6) is -0.421. The van der Waals surface area contributed by atoms with Gasteiger partial charge in [-0.2, -0.15) is 0 Å². The third-order valence-electron chi connectivity index (χ3n) is 5.24. The lowest BCUT2D eigenvalue weighted by Crippen LogP contribution is -2.23. The smallest absolute Gasteiger partial charge is 0.256 e. The topological polar surface area (TPSA) is 66.5 Å². The highest BCUT2D eigenvalue weighted by atomic mass is 16.2. The van der Waals surface area contributed by atoms with Crippen molar-refractivity contribution in [1.29, 1.82) is 0 Å². The van der Waals surface area contributed by atoms with Gasteiger partial charge >= 0.3 is 0 Å². The Kier molecular flexibility index (Phi) is 5.44. The molecule has 0 atom stereocenters. The number of anilines is 2. The number of aryl methyl sites for hydroxylation is 1. The number of amides is 2. The molecule has 5 nitrogen and oxygen atoms in total. The Morgan fingerprint density at radius 1 is 0.867 bits per heavy atom. The van der Waals surface area contributed by atoms with Crippen molar-refractivity contribution >= 4 is 29.0 Å². The fourth-order valence-corrected chi connectivity index (χ4v) is 3.58. The molecular formula is C25H22N2O3. The van der Waals surface area contributed by atoms with Crippen molar-refractivity contribution in [3.63, 3.8) is 0 Å². The maximum absolute atomic E-state index is 12.9. The van der Waals surface area contributed by atoms with Gasteiger partial charge in [-0.05, 0) is 43.7 Å². The molecule has 0 saturated carbocycles. The van der Waals surface area contributed by atoms with E-state index in [2.05, 4.69) is 5.32 Å². The van der Waals surface area contributed by atoms with Crippen LogP contribution >= 0.6 is 0 Å². The number of ketones is 1. The van der Waals surface area contributed by atoms with E-state index in [1.54, 1.807) is 53.4 Å². The van der Waals surface area contributed by atoms with Crippen LogP contribution in [0.2, 0.25) is 0 Å². The molecule has 30 heavy (non-hydrogen) atoms. The molecule has 1 fully saturated rings. The lowest BCUT2D eigenvalue weighted by Gasteiger charge is -2.16. The maximum atomic E-state index is 12.9. The van der Waals surface area contributed by atoms with Crippen LogP contribution in [0.3, 0.4) is 0 Å². The molecule has 0 bridgehead atoms. The molecule has 1 aliphatic rings. The lowest BCUT2D eigenvalue weighted by molar-refractivity contribution is -0.117. The molecule has 2 amide bonds. The van der Waals surface area contributed by atoms with Gasteiger partial charge in [0, 0.05) is 35.5 Å². The van der Waals surface area contributed by atoms with Gasteiger partial charge in [0.25, 0.3) is 5.91 Å². The first kappa shape index (κ1) is 19.6. The lowest BCUT2D eigenvalue weighted by atomic mass is 9.97. The summed E-state index contributed by atoms with van der Waals surface area (Å²) in [7, 11) is 0. The van der Waals surface area contributed by atoms with Crippen molar-refractivity contribution < 1.29 is 14.4 Å². The molecule has 5 heteroatoms. The predicted octanol–water partition coefficient (Wildman–Crippen LogP) is 4.61. The monoisotopic (exact) mass is 398 g/mol. The van der Waals surface area contributed by atoms with E-state index in [1.165, 1.54) is 0 Å². The Morgan fingerprint density at radius 2 is 1.53 bits per heavy atom. The first-order chi connectivity index (χ1) is 14.5. The minimum atomic E-state index is -0.351. The normalized spacial score (nSPS) is 13.4. The third-order valence-corrected chi connectivity index (χ3v) is 5.24. The van der Waals surface area contributed by atoms with Gasteiger partial charge in [0.15, 0.2) is 5.78 Å². The van der Waals surface area contributed by atoms with E-state index in [4.69, 9.17) is 0 Å². The van der Waals surface area contributed by atoms with Gasteiger partial charge in [-0.25, -0.2) is 0 Å². The average Bonchev–Trinajstić information content (AvgIpc) is 3.20. The van der Waals surface area contributed by atoms with E-state index in [9.17, 15) is 14.4 Å². The molecule has 1 heterocycles. The standard InChI is InChI=1S/C25H22N2O3/c1-17-8-10-18(11-9-17)24(29)21-5-2-3-6-22(21)25(30)26-19-12-14-20(15-13-19)27-16-4-7-23(27)28/h2-3,5-6,8-15H,4,7,16H2,1H3,(H,26,30). The highest BCUT2D eigenvalue weighted by molar-refractivity contribution is 6.17. The van der Waals surface area contributed by atoms with Gasteiger partial charge in [-0.3, -0.25) is 14.4 Å². The van der Waals surface area contributed by atoms with Crippen molar-refractivity contribution in [3.05, 3.63) is 95.1 Å². The zero-order valence-electron chi connectivity index (χ0n) is 16.7. The number of rotatable bonds is 5. The summed E-state index contributed by atoms with van der Waals surface area (Å²) in [6, 6.07) is 21.3. The summed E-state index contributed by atoms with van der Waals surface area (Å²) in [6.45, 7) is 2.68. The van der Waals surface area contributed by atoms with E-state index in [1.807, 2.05) is 31.2 Å². The SMILES string of the molecule is Cc1ccc(C(=O)c2ccccc2C(=O)Nc2ccc(N3CCCC3=O)cc2)cc1. The summed E-state index contributed by atoms with van der Waals surface area (Å²) in [5.41, 5.74) is 3.72. The Morgan fingerprint density at radius 3 is 2.17 bits per heavy atom. The summed E-state index contributed by atoms with van der Waals surface area (Å²) < 4.78 is 0. The number of nitrogens with one attached hydrogen (secondary N) is 1. The van der Waals surface area contributed by atoms with Gasteiger partial charge in [-0.15, -0.1) is 0 Å². The second kappa shape index (κ2) is 8.33. The number of nitrogens with zero attached hydrogens (tertiary/aromatic N) is 1. The Balaban J connectivity index is 1.53. The molecule has 150 valence electrons. The van der Waals surface area contributed by atoms with Crippen molar-refractivity contribution in [3.8, 4) is 0 Å². The molecule has 1 saturated heterocycles. The Hall–Kier alpha value is -3.73. The number of hydrogen-bond donors (Lipinski definition) is 1. The third kappa shape index (κ3) is 4.01. The van der Waals surface area contributed by atoms with Crippen molar-refractivity contribution in [1.82, 2.24) is 0 Å². The molecular weight excluding hydrogens is 376 g/mol. The number of carbonyl (C=O) groups is 3. The molecule has 1 N–H and O–H groups in total. The van der Waals surface area contributed by atoms with E-state index in [-0.39, 0.29) is 17.6 Å². The summed E-state index contributed by atoms with van der Waals surface area (Å²) in [6.07, 6.45) is 1.44. The van der Waals surface area contributed by atoms with Gasteiger partial charge in [0.1, 0.15) is 0 Å². The van der Waals surface area contributed by atoms with Gasteiger partial charge in [0.2, 0.25) is 5.91 Å². The molecule has 0 aromatic heterocycles. The van der Waals surface area contributed by atoms with Crippen LogP contribution < -0.4 is 10.2 Å². The number of benzene rings is 3. The fraction of sp³-hybridized carbons (Fsp3) is 0.160. The van der Waals surface area contributed by atoms with E-state index >= 15 is 0 Å². The van der Waals surface area contributed by atoms with Crippen LogP contribution in [0.15, 0.2) is 72.8 Å². The second-order valence-corrected chi connectivity index (χ2v) is 7.39. The molecule has 0 radical (unpaired) electrons. The quantitative estimate of drug-likeness (QED) is 0.639. The first-order valence-electron chi connectivity index (χ1n) is 9.95. The highest BCUT2D eigenvalue weighted by Crippen LogP contribution is 2.24. The average molecular weight is 398 g/mol. The zero-order valence-corrected chi connectivity index (χ0v) is 16.7. The van der Waals surface area contributed by atoms with E-state index < -0.39 is 0 Å². The van der Waals surface area contributed by atoms with Crippen molar-refractivity contribution in [2.24, 2.45) is 0 Å². The largest absolute Gasteiger partial charge is 0.322 e. The summed E-state index contributed by atoms with van der Waals surface area (Å²) in [5, 5.41) is 2.85. The fourth-order valence-electron chi connectivity index (χ4n) is 3.58. The van der Waals surface area contributed by atoms with E-state index in [0.29, 0.717) is 28.8 Å². The molecule has 0 aliphatic carbocycles. The molecule has 0 spiro atoms. The van der Waals surface area contributed by atoms with Crippen LogP contribution in [0.1, 0.15) is 44.7 Å². The number of carbonyl (C=O) groups excluding carboxylic acids is 3. The van der Waals surface area contributed by atoms with Gasteiger partial charge < -0.3 is 10.2 Å².